The molecule has 0 atom stereocenters. The maximum absolute atomic E-state index is 9.19. The van der Waals surface area contributed by atoms with Gasteiger partial charge in [0.15, 0.2) is 0 Å². The van der Waals surface area contributed by atoms with Gasteiger partial charge in [-0.2, -0.15) is 8.42 Å². The van der Waals surface area contributed by atoms with Crippen molar-refractivity contribution in [2.75, 3.05) is 0 Å². The second kappa shape index (κ2) is 4.24. The van der Waals surface area contributed by atoms with Crippen LogP contribution in [0.4, 0.5) is 0 Å². The zero-order chi connectivity index (χ0) is 8.08. The van der Waals surface area contributed by atoms with E-state index in [4.69, 9.17) is 9.90 Å². The number of hydrogen-bond donors (Lipinski definition) is 3. The summed E-state index contributed by atoms with van der Waals surface area (Å²) in [5.41, 5.74) is 0. The molecule has 0 saturated carbocycles. The summed E-state index contributed by atoms with van der Waals surface area (Å²) in [5, 5.41) is 15.6. The largest absolute Gasteiger partial charge is 0.481 e. The molecule has 0 aromatic rings. The fraction of sp³-hybridized carbons (Fsp3) is 0.500. The summed E-state index contributed by atoms with van der Waals surface area (Å²) in [4.78, 5) is 9.00. The van der Waals surface area contributed by atoms with Gasteiger partial charge in [-0.05, 0) is 0 Å². The quantitative estimate of drug-likeness (QED) is 0.384. The van der Waals surface area contributed by atoms with Crippen LogP contribution in [0.15, 0.2) is 0 Å². The predicted molar refractivity (Wildman–Crippen MR) is 30.6 cm³/mol. The van der Waals surface area contributed by atoms with Crippen LogP contribution in [-0.2, 0) is 15.0 Å². The van der Waals surface area contributed by atoms with Gasteiger partial charge < -0.3 is 5.11 Å². The molecule has 0 aromatic carbocycles. The maximum atomic E-state index is 9.19. The van der Waals surface area contributed by atoms with Crippen molar-refractivity contribution in [2.45, 2.75) is 6.92 Å². The second-order valence-corrected chi connectivity index (χ2v) is 2.29. The lowest BCUT2D eigenvalue weighted by Gasteiger charge is -1.72. The molecule has 0 aliphatic heterocycles. The Morgan fingerprint density at radius 1 is 1.44 bits per heavy atom. The fourth-order valence-corrected chi connectivity index (χ4v) is 0. The molecule has 0 saturated heterocycles. The Balaban J connectivity index is 0. The van der Waals surface area contributed by atoms with Crippen LogP contribution in [0, 0.1) is 0 Å². The first-order valence-corrected chi connectivity index (χ1v) is 3.34. The van der Waals surface area contributed by atoms with E-state index in [1.165, 1.54) is 0 Å². The normalized spacial score (nSPS) is 9.22. The van der Waals surface area contributed by atoms with Crippen LogP contribution >= 0.6 is 0 Å². The van der Waals surface area contributed by atoms with Crippen LogP contribution in [-0.4, -0.2) is 19.5 Å². The summed E-state index contributed by atoms with van der Waals surface area (Å²) in [7, 11) is -3.67. The van der Waals surface area contributed by atoms with Gasteiger partial charge in [-0.1, -0.05) is 0 Å². The van der Waals surface area contributed by atoms with E-state index < -0.39 is 16.2 Å². The molecule has 0 amide bonds. The molecule has 0 unspecified atom stereocenters. The molecule has 0 spiro atoms. The number of carboxylic acid groups (broad SMARTS) is 1. The van der Waals surface area contributed by atoms with Gasteiger partial charge in [0.05, 0.1) is 0 Å². The Labute approximate surface area is 52.6 Å². The smallest absolute Gasteiger partial charge is 0.300 e. The summed E-state index contributed by atoms with van der Waals surface area (Å²) in [6.45, 7) is 1.08. The summed E-state index contributed by atoms with van der Waals surface area (Å²) >= 11 is 0. The maximum Gasteiger partial charge on any atom is 0.300 e. The highest BCUT2D eigenvalue weighted by molar-refractivity contribution is 7.86. The van der Waals surface area contributed by atoms with E-state index >= 15 is 0 Å². The Hall–Kier alpha value is -0.660. The summed E-state index contributed by atoms with van der Waals surface area (Å²) in [6, 6.07) is 0. The molecule has 5 N–H and O–H groups in total. The fourth-order valence-electron chi connectivity index (χ4n) is 0. The minimum absolute atomic E-state index is 0.833. The molecule has 0 heterocycles. The van der Waals surface area contributed by atoms with Crippen molar-refractivity contribution in [2.24, 2.45) is 10.3 Å². The van der Waals surface area contributed by atoms with Gasteiger partial charge in [-0.15, -0.1) is 0 Å². The summed E-state index contributed by atoms with van der Waals surface area (Å²) < 4.78 is 18.4. The van der Waals surface area contributed by atoms with E-state index in [2.05, 4.69) is 10.3 Å². The molecule has 0 aliphatic carbocycles. The van der Waals surface area contributed by atoms with E-state index in [9.17, 15) is 8.42 Å². The van der Waals surface area contributed by atoms with Crippen molar-refractivity contribution >= 4 is 16.2 Å². The van der Waals surface area contributed by atoms with Crippen molar-refractivity contribution in [3.05, 3.63) is 0 Å². The molecule has 6 nitrogen and oxygen atoms in total. The van der Waals surface area contributed by atoms with Crippen LogP contribution in [0.25, 0.3) is 0 Å². The first-order valence-electron chi connectivity index (χ1n) is 1.73. The van der Waals surface area contributed by atoms with Crippen molar-refractivity contribution < 1.29 is 18.3 Å². The zero-order valence-corrected chi connectivity index (χ0v) is 5.55. The molecule has 7 heteroatoms. The predicted octanol–water partition coefficient (Wildman–Crippen LogP) is -1.76. The van der Waals surface area contributed by atoms with Crippen LogP contribution < -0.4 is 10.3 Å². The van der Waals surface area contributed by atoms with Gasteiger partial charge in [0.25, 0.3) is 16.2 Å². The molecule has 0 bridgehead atoms. The number of nitrogens with two attached hydrogens (primary N) is 2. The number of aliphatic carboxylic acids is 1. The Morgan fingerprint density at radius 3 is 1.44 bits per heavy atom. The van der Waals surface area contributed by atoms with Crippen LogP contribution in [0.5, 0.6) is 0 Å². The van der Waals surface area contributed by atoms with E-state index in [0.717, 1.165) is 6.92 Å². The van der Waals surface area contributed by atoms with Gasteiger partial charge in [-0.3, -0.25) is 4.79 Å². The lowest BCUT2D eigenvalue weighted by Crippen LogP contribution is -2.21. The third-order valence-corrected chi connectivity index (χ3v) is 0. The lowest BCUT2D eigenvalue weighted by atomic mass is 10.9. The molecular formula is C2H8N2O4S. The third kappa shape index (κ3) is 480. The van der Waals surface area contributed by atoms with E-state index in [1.807, 2.05) is 0 Å². The highest BCUT2D eigenvalue weighted by Crippen LogP contribution is 1.42. The van der Waals surface area contributed by atoms with Gasteiger partial charge in [0, 0.05) is 6.92 Å². The SMILES string of the molecule is CC(=O)O.NS(N)(=O)=O. The van der Waals surface area contributed by atoms with E-state index in [1.54, 1.807) is 0 Å². The summed E-state index contributed by atoms with van der Waals surface area (Å²) in [6.07, 6.45) is 0. The second-order valence-electron chi connectivity index (χ2n) is 1.11. The first-order chi connectivity index (χ1) is 3.73. The molecular weight excluding hydrogens is 148 g/mol. The first kappa shape index (κ1) is 11.2. The molecule has 0 rings (SSSR count). The van der Waals surface area contributed by atoms with Gasteiger partial charge >= 0.3 is 0 Å². The summed E-state index contributed by atoms with van der Waals surface area (Å²) in [5.74, 6) is -0.833. The molecule has 0 aliphatic rings. The molecule has 0 aromatic heterocycles. The van der Waals surface area contributed by atoms with Crippen LogP contribution in [0.2, 0.25) is 0 Å². The van der Waals surface area contributed by atoms with E-state index in [-0.39, 0.29) is 0 Å². The van der Waals surface area contributed by atoms with E-state index in [0.29, 0.717) is 0 Å². The topological polar surface area (TPSA) is 123 Å². The number of hydrogen-bond acceptors (Lipinski definition) is 3. The monoisotopic (exact) mass is 156 g/mol. The number of rotatable bonds is 0. The molecule has 9 heavy (non-hydrogen) atoms. The Bertz CT molecular complexity index is 159. The van der Waals surface area contributed by atoms with Crippen molar-refractivity contribution in [1.29, 1.82) is 0 Å². The average molecular weight is 156 g/mol. The highest BCUT2D eigenvalue weighted by Gasteiger charge is 1.78. The molecule has 0 radical (unpaired) electrons. The van der Waals surface area contributed by atoms with Crippen LogP contribution in [0.3, 0.4) is 0 Å². The Morgan fingerprint density at radius 2 is 1.44 bits per heavy atom. The van der Waals surface area contributed by atoms with Gasteiger partial charge in [-0.25, -0.2) is 10.3 Å². The van der Waals surface area contributed by atoms with Crippen molar-refractivity contribution in [3.8, 4) is 0 Å². The van der Waals surface area contributed by atoms with Crippen molar-refractivity contribution in [1.82, 2.24) is 0 Å². The van der Waals surface area contributed by atoms with Crippen LogP contribution in [0.1, 0.15) is 6.92 Å². The standard InChI is InChI=1S/C2H4O2.H4N2O2S/c1-2(3)4;1-5(2,3)4/h1H3,(H,3,4);(H4,1,2,3,4). The average Bonchev–Trinajstić information content (AvgIpc) is 1.19. The molecule has 56 valence electrons. The minimum Gasteiger partial charge on any atom is -0.481 e. The molecule has 0 fully saturated rings. The van der Waals surface area contributed by atoms with Gasteiger partial charge in [0.1, 0.15) is 0 Å². The van der Waals surface area contributed by atoms with Crippen molar-refractivity contribution in [3.63, 3.8) is 0 Å². The lowest BCUT2D eigenvalue weighted by molar-refractivity contribution is -0.134. The highest BCUT2D eigenvalue weighted by atomic mass is 32.2. The van der Waals surface area contributed by atoms with Gasteiger partial charge in [0.2, 0.25) is 0 Å². The number of carbonyl (C=O) groups is 1. The zero-order valence-electron chi connectivity index (χ0n) is 4.73. The number of carboxylic acids is 1. The minimum atomic E-state index is -3.67. The third-order valence-electron chi connectivity index (χ3n) is 0. The Kier molecular flexibility index (Phi) is 5.27.